The van der Waals surface area contributed by atoms with E-state index in [1.807, 2.05) is 0 Å². The molecule has 0 saturated heterocycles. The first-order valence-electron chi connectivity index (χ1n) is 8.25. The Bertz CT molecular complexity index is 1000. The van der Waals surface area contributed by atoms with Crippen molar-refractivity contribution in [1.82, 2.24) is 0 Å². The first kappa shape index (κ1) is 19.5. The van der Waals surface area contributed by atoms with Crippen LogP contribution in [-0.4, -0.2) is 43.4 Å². The van der Waals surface area contributed by atoms with Crippen molar-refractivity contribution in [3.63, 3.8) is 0 Å². The van der Waals surface area contributed by atoms with Gasteiger partial charge < -0.3 is 19.5 Å². The molecule has 0 atom stereocenters. The summed E-state index contributed by atoms with van der Waals surface area (Å²) in [6.07, 6.45) is 1.69. The number of carbonyl (C=O) groups excluding carboxylic acids is 1. The average Bonchev–Trinajstić information content (AvgIpc) is 3.08. The smallest absolute Gasteiger partial charge is 0.337 e. The molecule has 1 aliphatic rings. The van der Waals surface area contributed by atoms with Gasteiger partial charge in [-0.3, -0.25) is 4.79 Å². The SMILES string of the molecule is COc1ccc(/C=C2\SC(N(C)c3ccccc3C(=O)O)=NC2=O)c(OC)c1. The largest absolute Gasteiger partial charge is 0.497 e. The fourth-order valence-electron chi connectivity index (χ4n) is 2.67. The number of carbonyl (C=O) groups is 2. The number of thioether (sulfide) groups is 1. The van der Waals surface area contributed by atoms with Gasteiger partial charge in [0, 0.05) is 18.7 Å². The standard InChI is InChI=1S/C20H18N2O5S/c1-22(15-7-5-4-6-14(15)19(24)25)20-21-18(23)17(28-20)10-12-8-9-13(26-2)11-16(12)27-3/h4-11H,1-3H3,(H,24,25)/b17-10-. The molecular formula is C20H18N2O5S. The highest BCUT2D eigenvalue weighted by Crippen LogP contribution is 2.35. The lowest BCUT2D eigenvalue weighted by atomic mass is 10.1. The summed E-state index contributed by atoms with van der Waals surface area (Å²) in [5, 5.41) is 9.78. The highest BCUT2D eigenvalue weighted by Gasteiger charge is 2.27. The number of amides is 1. The first-order valence-corrected chi connectivity index (χ1v) is 9.07. The van der Waals surface area contributed by atoms with E-state index in [0.29, 0.717) is 32.8 Å². The van der Waals surface area contributed by atoms with Gasteiger partial charge >= 0.3 is 5.97 Å². The molecule has 0 bridgehead atoms. The molecular weight excluding hydrogens is 380 g/mol. The van der Waals surface area contributed by atoms with E-state index >= 15 is 0 Å². The second-order valence-corrected chi connectivity index (χ2v) is 6.81. The number of para-hydroxylation sites is 1. The molecule has 0 aromatic heterocycles. The van der Waals surface area contributed by atoms with Gasteiger partial charge in [0.15, 0.2) is 5.17 Å². The van der Waals surface area contributed by atoms with Gasteiger partial charge in [-0.2, -0.15) is 4.99 Å². The van der Waals surface area contributed by atoms with Gasteiger partial charge in [-0.1, -0.05) is 12.1 Å². The molecule has 0 aliphatic carbocycles. The van der Waals surface area contributed by atoms with Crippen LogP contribution in [0.3, 0.4) is 0 Å². The molecule has 1 N–H and O–H groups in total. The van der Waals surface area contributed by atoms with Gasteiger partial charge in [0.1, 0.15) is 11.5 Å². The summed E-state index contributed by atoms with van der Waals surface area (Å²) in [5.74, 6) is -0.224. The molecule has 2 aromatic rings. The summed E-state index contributed by atoms with van der Waals surface area (Å²) in [4.78, 5) is 29.9. The van der Waals surface area contributed by atoms with E-state index in [2.05, 4.69) is 4.99 Å². The third-order valence-corrected chi connectivity index (χ3v) is 5.18. The van der Waals surface area contributed by atoms with Crippen molar-refractivity contribution in [2.24, 2.45) is 4.99 Å². The lowest BCUT2D eigenvalue weighted by Crippen LogP contribution is -2.24. The maximum absolute atomic E-state index is 12.4. The van der Waals surface area contributed by atoms with Gasteiger partial charge in [0.2, 0.25) is 0 Å². The predicted octanol–water partition coefficient (Wildman–Crippen LogP) is 3.51. The maximum Gasteiger partial charge on any atom is 0.337 e. The van der Waals surface area contributed by atoms with E-state index in [1.54, 1.807) is 68.6 Å². The van der Waals surface area contributed by atoms with Crippen LogP contribution in [-0.2, 0) is 4.79 Å². The molecule has 0 radical (unpaired) electrons. The third kappa shape index (κ3) is 3.86. The zero-order valence-corrected chi connectivity index (χ0v) is 16.3. The number of aliphatic imine (C=N–C) groups is 1. The number of benzene rings is 2. The molecule has 0 spiro atoms. The van der Waals surface area contributed by atoms with Crippen LogP contribution >= 0.6 is 11.8 Å². The zero-order valence-electron chi connectivity index (χ0n) is 15.5. The molecule has 1 amide bonds. The minimum Gasteiger partial charge on any atom is -0.497 e. The highest BCUT2D eigenvalue weighted by atomic mass is 32.2. The Labute approximate surface area is 166 Å². The molecule has 1 aliphatic heterocycles. The molecule has 0 saturated carbocycles. The Morgan fingerprint density at radius 2 is 1.93 bits per heavy atom. The number of methoxy groups -OCH3 is 2. The molecule has 28 heavy (non-hydrogen) atoms. The summed E-state index contributed by atoms with van der Waals surface area (Å²) in [6.45, 7) is 0. The van der Waals surface area contributed by atoms with Crippen molar-refractivity contribution in [1.29, 1.82) is 0 Å². The molecule has 8 heteroatoms. The molecule has 2 aromatic carbocycles. The Morgan fingerprint density at radius 1 is 1.18 bits per heavy atom. The highest BCUT2D eigenvalue weighted by molar-refractivity contribution is 8.18. The van der Waals surface area contributed by atoms with Crippen LogP contribution in [0.4, 0.5) is 5.69 Å². The Kier molecular flexibility index (Phi) is 5.70. The molecule has 7 nitrogen and oxygen atoms in total. The number of ether oxygens (including phenoxy) is 2. The molecule has 144 valence electrons. The van der Waals surface area contributed by atoms with E-state index in [1.165, 1.54) is 17.8 Å². The minimum absolute atomic E-state index is 0.134. The third-order valence-electron chi connectivity index (χ3n) is 4.12. The number of carboxylic acid groups (broad SMARTS) is 1. The van der Waals surface area contributed by atoms with Crippen LogP contribution in [0.1, 0.15) is 15.9 Å². The summed E-state index contributed by atoms with van der Waals surface area (Å²) in [6, 6.07) is 11.9. The first-order chi connectivity index (χ1) is 13.4. The Morgan fingerprint density at radius 3 is 2.61 bits per heavy atom. The van der Waals surface area contributed by atoms with Crippen molar-refractivity contribution in [3.8, 4) is 11.5 Å². The summed E-state index contributed by atoms with van der Waals surface area (Å²) >= 11 is 1.17. The molecule has 0 fully saturated rings. The van der Waals surface area contributed by atoms with Crippen LogP contribution in [0.25, 0.3) is 6.08 Å². The fourth-order valence-corrected chi connectivity index (χ4v) is 3.55. The van der Waals surface area contributed by atoms with E-state index in [-0.39, 0.29) is 5.56 Å². The number of nitrogens with zero attached hydrogens (tertiary/aromatic N) is 2. The van der Waals surface area contributed by atoms with Crippen molar-refractivity contribution >= 4 is 40.6 Å². The molecule has 1 heterocycles. The van der Waals surface area contributed by atoms with E-state index in [9.17, 15) is 14.7 Å². The lowest BCUT2D eigenvalue weighted by Gasteiger charge is -2.19. The monoisotopic (exact) mass is 398 g/mol. The Hall–Kier alpha value is -3.26. The van der Waals surface area contributed by atoms with Crippen molar-refractivity contribution in [3.05, 3.63) is 58.5 Å². The summed E-state index contributed by atoms with van der Waals surface area (Å²) in [5.41, 5.74) is 1.30. The van der Waals surface area contributed by atoms with Gasteiger partial charge in [0.25, 0.3) is 5.91 Å². The van der Waals surface area contributed by atoms with Crippen molar-refractivity contribution in [2.75, 3.05) is 26.2 Å². The van der Waals surface area contributed by atoms with Crippen LogP contribution in [0.15, 0.2) is 52.4 Å². The van der Waals surface area contributed by atoms with E-state index < -0.39 is 11.9 Å². The lowest BCUT2D eigenvalue weighted by molar-refractivity contribution is -0.113. The van der Waals surface area contributed by atoms with E-state index in [0.717, 1.165) is 0 Å². The predicted molar refractivity (Wildman–Crippen MR) is 109 cm³/mol. The normalized spacial score (nSPS) is 14.8. The topological polar surface area (TPSA) is 88.4 Å². The van der Waals surface area contributed by atoms with Crippen molar-refractivity contribution < 1.29 is 24.2 Å². The number of aromatic carboxylic acids is 1. The number of anilines is 1. The number of hydrogen-bond donors (Lipinski definition) is 1. The fraction of sp³-hybridized carbons (Fsp3) is 0.150. The van der Waals surface area contributed by atoms with Crippen LogP contribution in [0.5, 0.6) is 11.5 Å². The second-order valence-electron chi connectivity index (χ2n) is 5.80. The number of amidine groups is 1. The number of hydrogen-bond acceptors (Lipinski definition) is 6. The van der Waals surface area contributed by atoms with Crippen LogP contribution in [0, 0.1) is 0 Å². The van der Waals surface area contributed by atoms with Crippen LogP contribution < -0.4 is 14.4 Å². The number of rotatable bonds is 5. The molecule has 3 rings (SSSR count). The van der Waals surface area contributed by atoms with Gasteiger partial charge in [-0.25, -0.2) is 4.79 Å². The molecule has 0 unspecified atom stereocenters. The quantitative estimate of drug-likeness (QED) is 0.771. The van der Waals surface area contributed by atoms with E-state index in [4.69, 9.17) is 9.47 Å². The van der Waals surface area contributed by atoms with Gasteiger partial charge in [0.05, 0.1) is 30.4 Å². The average molecular weight is 398 g/mol. The summed E-state index contributed by atoms with van der Waals surface area (Å²) < 4.78 is 10.5. The maximum atomic E-state index is 12.4. The Balaban J connectivity index is 1.88. The minimum atomic E-state index is -1.05. The number of carboxylic acids is 1. The summed E-state index contributed by atoms with van der Waals surface area (Å²) in [7, 11) is 4.78. The van der Waals surface area contributed by atoms with Gasteiger partial charge in [-0.05, 0) is 42.1 Å². The zero-order chi connectivity index (χ0) is 20.3. The van der Waals surface area contributed by atoms with Crippen LogP contribution in [0.2, 0.25) is 0 Å². The second kappa shape index (κ2) is 8.18. The van der Waals surface area contributed by atoms with Gasteiger partial charge in [-0.15, -0.1) is 0 Å². The van der Waals surface area contributed by atoms with Crippen molar-refractivity contribution in [2.45, 2.75) is 0 Å².